The summed E-state index contributed by atoms with van der Waals surface area (Å²) in [5.41, 5.74) is 1.27. The van der Waals surface area contributed by atoms with Gasteiger partial charge in [0.1, 0.15) is 5.75 Å². The Morgan fingerprint density at radius 1 is 1.33 bits per heavy atom. The Morgan fingerprint density at radius 3 is 2.33 bits per heavy atom. The molecule has 1 aromatic carbocycles. The van der Waals surface area contributed by atoms with Gasteiger partial charge in [-0.25, -0.2) is 0 Å². The minimum Gasteiger partial charge on any atom is -0.494 e. The van der Waals surface area contributed by atoms with Crippen LogP contribution in [0.5, 0.6) is 5.75 Å². The summed E-state index contributed by atoms with van der Waals surface area (Å²) in [6.45, 7) is 4.55. The second-order valence-electron chi connectivity index (χ2n) is 4.29. The quantitative estimate of drug-likeness (QED) is 0.820. The molecule has 0 radical (unpaired) electrons. The van der Waals surface area contributed by atoms with Crippen molar-refractivity contribution in [2.45, 2.75) is 38.2 Å². The molecule has 1 fully saturated rings. The lowest BCUT2D eigenvalue weighted by Gasteiger charge is -2.19. The predicted octanol–water partition coefficient (Wildman–Crippen LogP) is 2.50. The Balaban J connectivity index is 2.17. The second-order valence-corrected chi connectivity index (χ2v) is 4.29. The highest BCUT2D eigenvalue weighted by molar-refractivity contribution is 5.37. The van der Waals surface area contributed by atoms with E-state index in [1.807, 2.05) is 26.0 Å². The van der Waals surface area contributed by atoms with E-state index in [0.717, 1.165) is 18.6 Å². The molecule has 1 unspecified atom stereocenters. The highest BCUT2D eigenvalue weighted by Crippen LogP contribution is 2.51. The van der Waals surface area contributed by atoms with Crippen LogP contribution < -0.4 is 4.74 Å². The largest absolute Gasteiger partial charge is 0.494 e. The van der Waals surface area contributed by atoms with Crippen LogP contribution >= 0.6 is 0 Å². The second kappa shape index (κ2) is 3.86. The van der Waals surface area contributed by atoms with Crippen LogP contribution in [0, 0.1) is 0 Å². The van der Waals surface area contributed by atoms with Gasteiger partial charge in [-0.3, -0.25) is 0 Å². The summed E-state index contributed by atoms with van der Waals surface area (Å²) >= 11 is 0. The standard InChI is InChI=1S/C13H18O2/c1-3-15-12-6-4-11(5-7-12)13(8-9-13)10(2)14/h4-7,10,14H,3,8-9H2,1-2H3. The molecule has 2 rings (SSSR count). The van der Waals surface area contributed by atoms with E-state index >= 15 is 0 Å². The van der Waals surface area contributed by atoms with E-state index in [-0.39, 0.29) is 11.5 Å². The van der Waals surface area contributed by atoms with Gasteiger partial charge in [0, 0.05) is 5.41 Å². The summed E-state index contributed by atoms with van der Waals surface area (Å²) in [6.07, 6.45) is 1.94. The van der Waals surface area contributed by atoms with E-state index in [2.05, 4.69) is 12.1 Å². The first kappa shape index (κ1) is 10.5. The maximum atomic E-state index is 9.74. The monoisotopic (exact) mass is 206 g/mol. The zero-order valence-corrected chi connectivity index (χ0v) is 9.36. The normalized spacial score (nSPS) is 19.7. The van der Waals surface area contributed by atoms with Gasteiger partial charge in [-0.2, -0.15) is 0 Å². The third kappa shape index (κ3) is 1.86. The van der Waals surface area contributed by atoms with Gasteiger partial charge in [-0.1, -0.05) is 12.1 Å². The van der Waals surface area contributed by atoms with E-state index in [4.69, 9.17) is 4.74 Å². The van der Waals surface area contributed by atoms with Gasteiger partial charge in [0.2, 0.25) is 0 Å². The first-order valence-electron chi connectivity index (χ1n) is 5.60. The van der Waals surface area contributed by atoms with Crippen LogP contribution in [0.1, 0.15) is 32.3 Å². The van der Waals surface area contributed by atoms with Gasteiger partial charge in [0.15, 0.2) is 0 Å². The fourth-order valence-electron chi connectivity index (χ4n) is 2.13. The molecule has 1 aliphatic rings. The average Bonchev–Trinajstić information content (AvgIpc) is 3.00. The SMILES string of the molecule is CCOc1ccc(C2(C(C)O)CC2)cc1. The van der Waals surface area contributed by atoms with Crippen LogP contribution in [0.2, 0.25) is 0 Å². The lowest BCUT2D eigenvalue weighted by molar-refractivity contribution is 0.150. The first-order chi connectivity index (χ1) is 7.19. The van der Waals surface area contributed by atoms with Crippen molar-refractivity contribution in [1.29, 1.82) is 0 Å². The third-order valence-electron chi connectivity index (χ3n) is 3.33. The Morgan fingerprint density at radius 2 is 1.93 bits per heavy atom. The van der Waals surface area contributed by atoms with E-state index in [0.29, 0.717) is 6.61 Å². The van der Waals surface area contributed by atoms with E-state index in [9.17, 15) is 5.11 Å². The zero-order valence-electron chi connectivity index (χ0n) is 9.36. The maximum Gasteiger partial charge on any atom is 0.119 e. The van der Waals surface area contributed by atoms with Gasteiger partial charge in [0.05, 0.1) is 12.7 Å². The Kier molecular flexibility index (Phi) is 2.70. The molecule has 0 aromatic heterocycles. The third-order valence-corrected chi connectivity index (χ3v) is 3.33. The van der Waals surface area contributed by atoms with E-state index in [1.54, 1.807) is 0 Å². The highest BCUT2D eigenvalue weighted by Gasteiger charge is 2.48. The van der Waals surface area contributed by atoms with Crippen molar-refractivity contribution in [3.8, 4) is 5.75 Å². The van der Waals surface area contributed by atoms with E-state index < -0.39 is 0 Å². The molecule has 15 heavy (non-hydrogen) atoms. The smallest absolute Gasteiger partial charge is 0.119 e. The minimum atomic E-state index is -0.254. The Hall–Kier alpha value is -1.02. The van der Waals surface area contributed by atoms with Gasteiger partial charge >= 0.3 is 0 Å². The van der Waals surface area contributed by atoms with Crippen LogP contribution in [0.4, 0.5) is 0 Å². The van der Waals surface area contributed by atoms with Crippen LogP contribution in [-0.4, -0.2) is 17.8 Å². The number of aliphatic hydroxyl groups is 1. The molecule has 1 atom stereocenters. The molecule has 1 saturated carbocycles. The van der Waals surface area contributed by atoms with Crippen LogP contribution in [0.25, 0.3) is 0 Å². The number of rotatable bonds is 4. The van der Waals surface area contributed by atoms with Crippen LogP contribution in [0.3, 0.4) is 0 Å². The van der Waals surface area contributed by atoms with Gasteiger partial charge < -0.3 is 9.84 Å². The summed E-state index contributed by atoms with van der Waals surface area (Å²) in [5, 5.41) is 9.74. The predicted molar refractivity (Wildman–Crippen MR) is 60.2 cm³/mol. The number of ether oxygens (including phenoxy) is 1. The molecular formula is C13H18O2. The molecule has 0 bridgehead atoms. The van der Waals surface area contributed by atoms with Crippen molar-refractivity contribution in [3.63, 3.8) is 0 Å². The molecule has 2 nitrogen and oxygen atoms in total. The van der Waals surface area contributed by atoms with Crippen LogP contribution in [0.15, 0.2) is 24.3 Å². The lowest BCUT2D eigenvalue weighted by Crippen LogP contribution is -2.22. The average molecular weight is 206 g/mol. The summed E-state index contributed by atoms with van der Waals surface area (Å²) in [5.74, 6) is 0.905. The summed E-state index contributed by atoms with van der Waals surface area (Å²) in [6, 6.07) is 8.12. The van der Waals surface area contributed by atoms with Crippen molar-refractivity contribution in [2.75, 3.05) is 6.61 Å². The van der Waals surface area contributed by atoms with Crippen molar-refractivity contribution in [2.24, 2.45) is 0 Å². The molecule has 82 valence electrons. The summed E-state index contributed by atoms with van der Waals surface area (Å²) in [4.78, 5) is 0. The van der Waals surface area contributed by atoms with Crippen molar-refractivity contribution in [1.82, 2.24) is 0 Å². The number of hydrogen-bond donors (Lipinski definition) is 1. The van der Waals surface area contributed by atoms with Crippen molar-refractivity contribution in [3.05, 3.63) is 29.8 Å². The summed E-state index contributed by atoms with van der Waals surface area (Å²) < 4.78 is 5.39. The van der Waals surface area contributed by atoms with Crippen LogP contribution in [-0.2, 0) is 5.41 Å². The molecule has 0 spiro atoms. The topological polar surface area (TPSA) is 29.5 Å². The fourth-order valence-corrected chi connectivity index (χ4v) is 2.13. The molecule has 1 aliphatic carbocycles. The number of hydrogen-bond acceptors (Lipinski definition) is 2. The maximum absolute atomic E-state index is 9.74. The van der Waals surface area contributed by atoms with Gasteiger partial charge in [-0.15, -0.1) is 0 Å². The molecule has 0 aliphatic heterocycles. The molecule has 0 saturated heterocycles. The summed E-state index contributed by atoms with van der Waals surface area (Å²) in [7, 11) is 0. The van der Waals surface area contributed by atoms with E-state index in [1.165, 1.54) is 5.56 Å². The van der Waals surface area contributed by atoms with Gasteiger partial charge in [0.25, 0.3) is 0 Å². The number of aliphatic hydroxyl groups excluding tert-OH is 1. The molecule has 0 heterocycles. The van der Waals surface area contributed by atoms with Gasteiger partial charge in [-0.05, 0) is 44.4 Å². The molecule has 1 N–H and O–H groups in total. The van der Waals surface area contributed by atoms with Crippen molar-refractivity contribution >= 4 is 0 Å². The first-order valence-corrected chi connectivity index (χ1v) is 5.60. The lowest BCUT2D eigenvalue weighted by atomic mass is 9.91. The molecular weight excluding hydrogens is 188 g/mol. The minimum absolute atomic E-state index is 0.0325. The fraction of sp³-hybridized carbons (Fsp3) is 0.538. The zero-order chi connectivity index (χ0) is 10.9. The molecule has 1 aromatic rings. The molecule has 0 amide bonds. The Labute approximate surface area is 90.9 Å². The highest BCUT2D eigenvalue weighted by atomic mass is 16.5. The number of benzene rings is 1. The Bertz CT molecular complexity index is 323. The molecule has 2 heteroatoms. The van der Waals surface area contributed by atoms with Crippen molar-refractivity contribution < 1.29 is 9.84 Å².